The van der Waals surface area contributed by atoms with Gasteiger partial charge in [0.25, 0.3) is 13.4 Å². The second-order valence-electron chi connectivity index (χ2n) is 12.9. The van der Waals surface area contributed by atoms with E-state index in [0.717, 1.165) is 0 Å². The first-order chi connectivity index (χ1) is 32.7. The molecule has 0 unspecified atom stereocenters. The van der Waals surface area contributed by atoms with Gasteiger partial charge in [-0.1, -0.05) is 0 Å². The summed E-state index contributed by atoms with van der Waals surface area (Å²) < 4.78 is 417. The van der Waals surface area contributed by atoms with Crippen LogP contribution < -0.4 is 84.2 Å². The Morgan fingerprint density at radius 2 is 0.222 bits per heavy atom. The molecule has 6 aromatic carbocycles. The first kappa shape index (κ1) is 60.6. The number of halogens is 30. The van der Waals surface area contributed by atoms with Crippen molar-refractivity contribution in [3.05, 3.63) is 190 Å². The maximum absolute atomic E-state index is 14.4. The van der Waals surface area contributed by atoms with Crippen molar-refractivity contribution in [2.45, 2.75) is 0 Å². The number of hydrogen-bond donors (Lipinski definition) is 0. The van der Waals surface area contributed by atoms with Crippen LogP contribution in [0.25, 0.3) is 16.0 Å². The van der Waals surface area contributed by atoms with Gasteiger partial charge in [-0.3, -0.25) is 4.91 Å². The Hall–Kier alpha value is -5.70. The molecule has 6 rings (SSSR count). The van der Waals surface area contributed by atoms with Gasteiger partial charge in [-0.2, -0.15) is 0 Å². The van der Waals surface area contributed by atoms with E-state index in [1.54, 1.807) is 0 Å². The van der Waals surface area contributed by atoms with Crippen LogP contribution in [0.2, 0.25) is 0 Å². The Bertz CT molecular complexity index is 2560. The van der Waals surface area contributed by atoms with Crippen LogP contribution in [0.15, 0.2) is 0 Å². The van der Waals surface area contributed by atoms with Gasteiger partial charge in [0.2, 0.25) is 0 Å². The van der Waals surface area contributed by atoms with E-state index in [9.17, 15) is 132 Å². The summed E-state index contributed by atoms with van der Waals surface area (Å²) in [4.78, 5) is 1.50. The zero-order chi connectivity index (χ0) is 54.6. The standard InChI is InChI=1S/2C18BF15.K.N3/c2*20-4-1(5(21)11(27)16(32)10(4)26)19(2-6(22)12(28)17(33)13(29)7(2)23)3-8(24)14(30)18(34)15(31)9(3)25;;1-3-2/q;;+1;-1. The molecule has 0 saturated heterocycles. The topological polar surface area (TPSA) is 58.7 Å². The Morgan fingerprint density at radius 1 is 0.167 bits per heavy atom. The molecule has 376 valence electrons. The predicted molar refractivity (Wildman–Crippen MR) is 177 cm³/mol. The molecule has 0 aromatic heterocycles. The number of nitrogens with zero attached hydrogens (tertiary/aromatic N) is 3. The molecule has 0 heterocycles. The maximum atomic E-state index is 14.4. The first-order valence-electron chi connectivity index (χ1n) is 16.8. The zero-order valence-electron chi connectivity index (χ0n) is 32.8. The van der Waals surface area contributed by atoms with Gasteiger partial charge in [-0.25, -0.2) is 132 Å². The summed E-state index contributed by atoms with van der Waals surface area (Å²) in [6.45, 7) is -7.92. The molecule has 0 aliphatic rings. The molecule has 3 nitrogen and oxygen atoms in total. The third kappa shape index (κ3) is 9.78. The number of benzene rings is 6. The molecule has 0 bridgehead atoms. The van der Waals surface area contributed by atoms with Crippen molar-refractivity contribution in [1.29, 1.82) is 0 Å². The van der Waals surface area contributed by atoms with E-state index in [0.29, 0.717) is 0 Å². The Morgan fingerprint density at radius 3 is 0.292 bits per heavy atom. The summed E-state index contributed by atoms with van der Waals surface area (Å²) in [6.07, 6.45) is 0. The van der Waals surface area contributed by atoms with Crippen molar-refractivity contribution in [1.82, 2.24) is 0 Å². The summed E-state index contributed by atoms with van der Waals surface area (Å²) in [6, 6.07) is 0. The van der Waals surface area contributed by atoms with Crippen LogP contribution in [0.4, 0.5) is 132 Å². The molecule has 72 heavy (non-hydrogen) atoms. The van der Waals surface area contributed by atoms with E-state index in [1.165, 1.54) is 4.91 Å². The molecule has 0 spiro atoms. The van der Waals surface area contributed by atoms with E-state index >= 15 is 0 Å². The van der Waals surface area contributed by atoms with Crippen LogP contribution in [0, 0.1) is 175 Å². The van der Waals surface area contributed by atoms with Gasteiger partial charge in [0.05, 0.1) is 0 Å². The minimum Gasteiger partial charge on any atom is -0.373 e. The average Bonchev–Trinajstić information content (AvgIpc) is 3.34. The van der Waals surface area contributed by atoms with E-state index in [-0.39, 0.29) is 51.4 Å². The molecule has 0 aliphatic heterocycles. The van der Waals surface area contributed by atoms with Gasteiger partial charge in [0.15, 0.2) is 175 Å². The minimum atomic E-state index is -3.96. The number of hydrogen-bond acceptors (Lipinski definition) is 0. The van der Waals surface area contributed by atoms with Crippen molar-refractivity contribution in [2.24, 2.45) is 0 Å². The van der Waals surface area contributed by atoms with Crippen LogP contribution in [-0.4, -0.2) is 13.4 Å². The van der Waals surface area contributed by atoms with Crippen molar-refractivity contribution in [3.8, 4) is 0 Å². The fraction of sp³-hybridized carbons (Fsp3) is 0. The summed E-state index contributed by atoms with van der Waals surface area (Å²) in [7, 11) is 0. The normalized spacial score (nSPS) is 10.9. The van der Waals surface area contributed by atoms with E-state index < -0.39 is 221 Å². The molecule has 0 fully saturated rings. The Kier molecular flexibility index (Phi) is 19.0. The Balaban J connectivity index is 0.000000356. The molecule has 0 aliphatic carbocycles. The van der Waals surface area contributed by atoms with Gasteiger partial charge in [-0.05, 0) is 0 Å². The van der Waals surface area contributed by atoms with E-state index in [4.69, 9.17) is 11.1 Å². The summed E-state index contributed by atoms with van der Waals surface area (Å²) >= 11 is 0. The molecule has 0 N–H and O–H groups in total. The smallest absolute Gasteiger partial charge is 0.373 e. The van der Waals surface area contributed by atoms with Gasteiger partial charge < -0.3 is 11.1 Å². The first-order valence-corrected chi connectivity index (χ1v) is 16.8. The van der Waals surface area contributed by atoms with Crippen LogP contribution in [0.5, 0.6) is 0 Å². The van der Waals surface area contributed by atoms with Crippen LogP contribution in [-0.2, 0) is 0 Å². The summed E-state index contributed by atoms with van der Waals surface area (Å²) in [5, 5.41) is 0. The predicted octanol–water partition coefficient (Wildman–Crippen LogP) is 6.45. The van der Waals surface area contributed by atoms with Crippen molar-refractivity contribution < 1.29 is 183 Å². The van der Waals surface area contributed by atoms with Gasteiger partial charge in [0.1, 0.15) is 0 Å². The fourth-order valence-corrected chi connectivity index (χ4v) is 6.12. The Labute approximate surface area is 417 Å². The molecule has 36 heteroatoms. The van der Waals surface area contributed by atoms with Crippen LogP contribution in [0.1, 0.15) is 0 Å². The summed E-state index contributed by atoms with van der Waals surface area (Å²) in [5.41, 5.74) is -2.57. The molecular formula is C36B2F30KN3. The van der Waals surface area contributed by atoms with Crippen molar-refractivity contribution in [2.75, 3.05) is 0 Å². The van der Waals surface area contributed by atoms with Crippen LogP contribution in [0.3, 0.4) is 0 Å². The minimum absolute atomic E-state index is 0. The zero-order valence-corrected chi connectivity index (χ0v) is 36.0. The SMILES string of the molecule is Fc1c(F)c(F)c(B(c2c(F)c(F)c(F)c(F)c2F)c2c(F)c(F)c(F)c(F)c2F)c(F)c1F.Fc1c(F)c(F)c(B(c2c(F)c(F)c(F)c(F)c2F)c2c(F)c(F)c(F)c(F)c2F)c(F)c1F.[K+].[N-]=[N+]=[N-]. The molecule has 0 radical (unpaired) electrons. The maximum Gasteiger partial charge on any atom is 1.00 e. The number of rotatable bonds is 6. The van der Waals surface area contributed by atoms with Gasteiger partial charge in [0, 0.05) is 32.8 Å². The second-order valence-corrected chi connectivity index (χ2v) is 12.9. The van der Waals surface area contributed by atoms with E-state index in [1.807, 2.05) is 0 Å². The molecule has 0 saturated carbocycles. The van der Waals surface area contributed by atoms with Crippen LogP contribution >= 0.6 is 0 Å². The molecular weight excluding hydrogens is 1110 g/mol. The van der Waals surface area contributed by atoms with E-state index in [2.05, 4.69) is 0 Å². The average molecular weight is 1110 g/mol. The van der Waals surface area contributed by atoms with Gasteiger partial charge >= 0.3 is 51.4 Å². The molecule has 6 aromatic rings. The fourth-order valence-electron chi connectivity index (χ4n) is 6.12. The largest absolute Gasteiger partial charge is 1.00 e. The van der Waals surface area contributed by atoms with Gasteiger partial charge in [-0.15, -0.1) is 0 Å². The quantitative estimate of drug-likeness (QED) is 0.0351. The van der Waals surface area contributed by atoms with Crippen molar-refractivity contribution in [3.63, 3.8) is 0 Å². The summed E-state index contributed by atoms with van der Waals surface area (Å²) in [5.74, 6) is -90.4. The monoisotopic (exact) mass is 1100 g/mol. The third-order valence-electron chi connectivity index (χ3n) is 9.19. The van der Waals surface area contributed by atoms with Crippen molar-refractivity contribution >= 4 is 46.2 Å². The second kappa shape index (κ2) is 22.6. The molecule has 0 amide bonds. The molecule has 0 atom stereocenters. The third-order valence-corrected chi connectivity index (χ3v) is 9.19.